The van der Waals surface area contributed by atoms with Gasteiger partial charge in [-0.1, -0.05) is 6.07 Å². The number of benzene rings is 1. The zero-order chi connectivity index (χ0) is 24.1. The molecule has 2 amide bonds. The van der Waals surface area contributed by atoms with Crippen molar-refractivity contribution in [3.05, 3.63) is 63.1 Å². The van der Waals surface area contributed by atoms with Crippen molar-refractivity contribution in [2.75, 3.05) is 13.2 Å². The van der Waals surface area contributed by atoms with Crippen molar-refractivity contribution in [2.45, 2.75) is 44.8 Å². The molecule has 2 aliphatic rings. The lowest BCUT2D eigenvalue weighted by Crippen LogP contribution is -2.62. The maximum Gasteiger partial charge on any atom is 0.274 e. The molecule has 1 aliphatic heterocycles. The first-order chi connectivity index (χ1) is 15.6. The Bertz CT molecular complexity index is 1190. The van der Waals surface area contributed by atoms with Crippen LogP contribution in [0.2, 0.25) is 0 Å². The highest BCUT2D eigenvalue weighted by atomic mass is 19.1. The van der Waals surface area contributed by atoms with E-state index in [0.717, 1.165) is 6.07 Å². The van der Waals surface area contributed by atoms with Crippen LogP contribution in [0.1, 0.15) is 53.1 Å². The van der Waals surface area contributed by atoms with E-state index in [4.69, 9.17) is 0 Å². The normalized spacial score (nSPS) is 21.8. The Morgan fingerprint density at radius 1 is 1.27 bits per heavy atom. The van der Waals surface area contributed by atoms with E-state index < -0.39 is 45.7 Å². The molecule has 2 aromatic rings. The van der Waals surface area contributed by atoms with Crippen molar-refractivity contribution in [1.82, 2.24) is 14.8 Å². The SMILES string of the molecule is CC(C)N1CC2(CC(CO)C2)n2cc(C(=O)NCc3ccc(F)cc3F)c(=O)c(O)c2C1=O. The third kappa shape index (κ3) is 3.78. The Hall–Kier alpha value is -3.27. The Labute approximate surface area is 188 Å². The molecule has 1 aliphatic carbocycles. The number of aliphatic hydroxyl groups excluding tert-OH is 1. The number of carbonyl (C=O) groups excluding carboxylic acids is 2. The lowest BCUT2D eigenvalue weighted by molar-refractivity contribution is -0.0211. The Balaban J connectivity index is 1.71. The van der Waals surface area contributed by atoms with Crippen LogP contribution in [0.5, 0.6) is 5.75 Å². The van der Waals surface area contributed by atoms with Gasteiger partial charge in [-0.15, -0.1) is 0 Å². The van der Waals surface area contributed by atoms with Crippen molar-refractivity contribution in [3.63, 3.8) is 0 Å². The molecule has 0 atom stereocenters. The van der Waals surface area contributed by atoms with Crippen molar-refractivity contribution in [1.29, 1.82) is 0 Å². The van der Waals surface area contributed by atoms with E-state index in [1.54, 1.807) is 4.90 Å². The standard InChI is InChI=1S/C23H25F2N3O5/c1-12(2)27-11-23(6-13(7-23)10-29)28-9-16(19(30)20(31)18(28)22(27)33)21(32)26-8-14-3-4-15(24)5-17(14)25/h3-5,9,12-13,29,31H,6-8,10-11H2,1-2H3,(H,26,32). The molecule has 4 rings (SSSR count). The number of amides is 2. The minimum absolute atomic E-state index is 0.000336. The summed E-state index contributed by atoms with van der Waals surface area (Å²) in [7, 11) is 0. The monoisotopic (exact) mass is 461 g/mol. The van der Waals surface area contributed by atoms with Gasteiger partial charge < -0.3 is 25.0 Å². The van der Waals surface area contributed by atoms with Gasteiger partial charge in [0.25, 0.3) is 11.8 Å². The van der Waals surface area contributed by atoms with Gasteiger partial charge in [-0.05, 0) is 38.7 Å². The van der Waals surface area contributed by atoms with Gasteiger partial charge >= 0.3 is 0 Å². The molecule has 2 heterocycles. The molecule has 3 N–H and O–H groups in total. The van der Waals surface area contributed by atoms with E-state index in [1.165, 1.54) is 16.8 Å². The second-order valence-corrected chi connectivity index (χ2v) is 9.07. The third-order valence-corrected chi connectivity index (χ3v) is 6.54. The van der Waals surface area contributed by atoms with Crippen molar-refractivity contribution >= 4 is 11.8 Å². The molecule has 0 bridgehead atoms. The maximum atomic E-state index is 13.9. The van der Waals surface area contributed by atoms with Crippen LogP contribution >= 0.6 is 0 Å². The predicted molar refractivity (Wildman–Crippen MR) is 114 cm³/mol. The van der Waals surface area contributed by atoms with Crippen LogP contribution in [-0.2, 0) is 12.1 Å². The second-order valence-electron chi connectivity index (χ2n) is 9.07. The van der Waals surface area contributed by atoms with Gasteiger partial charge in [0.2, 0.25) is 5.43 Å². The summed E-state index contributed by atoms with van der Waals surface area (Å²) in [6, 6.07) is 2.73. The first kappa shape index (κ1) is 22.9. The fraction of sp³-hybridized carbons (Fsp3) is 0.435. The number of aliphatic hydroxyl groups is 1. The lowest BCUT2D eigenvalue weighted by atomic mass is 9.66. The molecule has 0 radical (unpaired) electrons. The Morgan fingerprint density at radius 2 is 1.97 bits per heavy atom. The van der Waals surface area contributed by atoms with Gasteiger partial charge in [-0.3, -0.25) is 14.4 Å². The molecule has 33 heavy (non-hydrogen) atoms. The minimum Gasteiger partial charge on any atom is -0.503 e. The summed E-state index contributed by atoms with van der Waals surface area (Å²) in [5.74, 6) is -3.80. The molecular formula is C23H25F2N3O5. The largest absolute Gasteiger partial charge is 0.503 e. The molecule has 1 aromatic carbocycles. The quantitative estimate of drug-likeness (QED) is 0.628. The summed E-state index contributed by atoms with van der Waals surface area (Å²) in [4.78, 5) is 40.2. The lowest BCUT2D eigenvalue weighted by Gasteiger charge is -2.55. The first-order valence-corrected chi connectivity index (χ1v) is 10.7. The van der Waals surface area contributed by atoms with E-state index in [-0.39, 0.29) is 36.4 Å². The smallest absolute Gasteiger partial charge is 0.274 e. The number of nitrogens with zero attached hydrogens (tertiary/aromatic N) is 2. The van der Waals surface area contributed by atoms with Crippen LogP contribution in [0, 0.1) is 17.6 Å². The summed E-state index contributed by atoms with van der Waals surface area (Å²) in [6.45, 7) is 3.64. The van der Waals surface area contributed by atoms with E-state index >= 15 is 0 Å². The number of carbonyl (C=O) groups is 2. The van der Waals surface area contributed by atoms with Crippen LogP contribution < -0.4 is 10.7 Å². The molecule has 0 unspecified atom stereocenters. The first-order valence-electron chi connectivity index (χ1n) is 10.7. The van der Waals surface area contributed by atoms with Gasteiger partial charge in [0.1, 0.15) is 17.2 Å². The molecular weight excluding hydrogens is 436 g/mol. The van der Waals surface area contributed by atoms with E-state index in [2.05, 4.69) is 5.32 Å². The van der Waals surface area contributed by atoms with E-state index in [9.17, 15) is 33.4 Å². The molecule has 176 valence electrons. The average Bonchev–Trinajstić information content (AvgIpc) is 2.73. The number of pyridine rings is 1. The highest BCUT2D eigenvalue weighted by molar-refractivity contribution is 5.99. The molecule has 1 fully saturated rings. The van der Waals surface area contributed by atoms with Crippen LogP contribution in [0.15, 0.2) is 29.2 Å². The maximum absolute atomic E-state index is 13.9. The Morgan fingerprint density at radius 3 is 2.58 bits per heavy atom. The average molecular weight is 461 g/mol. The van der Waals surface area contributed by atoms with Gasteiger partial charge in [-0.2, -0.15) is 0 Å². The predicted octanol–water partition coefficient (Wildman–Crippen LogP) is 1.72. The zero-order valence-corrected chi connectivity index (χ0v) is 18.3. The van der Waals surface area contributed by atoms with Gasteiger partial charge in [0.15, 0.2) is 11.4 Å². The van der Waals surface area contributed by atoms with Gasteiger partial charge in [0, 0.05) is 43.6 Å². The topological polar surface area (TPSA) is 112 Å². The number of fused-ring (bicyclic) bond motifs is 2. The summed E-state index contributed by atoms with van der Waals surface area (Å²) >= 11 is 0. The fourth-order valence-electron chi connectivity index (χ4n) is 4.77. The fourth-order valence-corrected chi connectivity index (χ4v) is 4.77. The number of nitrogens with one attached hydrogen (secondary N) is 1. The number of hydrogen-bond acceptors (Lipinski definition) is 5. The summed E-state index contributed by atoms with van der Waals surface area (Å²) in [5.41, 5.74) is -2.22. The summed E-state index contributed by atoms with van der Waals surface area (Å²) in [5, 5.41) is 22.6. The molecule has 8 nitrogen and oxygen atoms in total. The molecule has 0 saturated heterocycles. The molecule has 10 heteroatoms. The number of aromatic hydroxyl groups is 1. The highest BCUT2D eigenvalue weighted by Gasteiger charge is 2.52. The van der Waals surface area contributed by atoms with E-state index in [0.29, 0.717) is 25.5 Å². The second kappa shape index (κ2) is 8.26. The third-order valence-electron chi connectivity index (χ3n) is 6.54. The molecule has 1 saturated carbocycles. The number of hydrogen-bond donors (Lipinski definition) is 3. The van der Waals surface area contributed by atoms with Crippen LogP contribution in [0.3, 0.4) is 0 Å². The van der Waals surface area contributed by atoms with Crippen LogP contribution in [0.25, 0.3) is 0 Å². The van der Waals surface area contributed by atoms with Crippen molar-refractivity contribution < 1.29 is 28.6 Å². The van der Waals surface area contributed by atoms with Crippen LogP contribution in [-0.4, -0.2) is 50.7 Å². The van der Waals surface area contributed by atoms with Gasteiger partial charge in [-0.25, -0.2) is 8.78 Å². The minimum atomic E-state index is -1.01. The van der Waals surface area contributed by atoms with Crippen LogP contribution in [0.4, 0.5) is 8.78 Å². The Kier molecular flexibility index (Phi) is 5.73. The number of halogens is 2. The highest BCUT2D eigenvalue weighted by Crippen LogP contribution is 2.48. The van der Waals surface area contributed by atoms with E-state index in [1.807, 2.05) is 13.8 Å². The van der Waals surface area contributed by atoms with Crippen molar-refractivity contribution in [2.24, 2.45) is 5.92 Å². The van der Waals surface area contributed by atoms with Gasteiger partial charge in [0.05, 0.1) is 5.54 Å². The summed E-state index contributed by atoms with van der Waals surface area (Å²) < 4.78 is 28.5. The number of rotatable bonds is 5. The van der Waals surface area contributed by atoms with Crippen molar-refractivity contribution in [3.8, 4) is 5.75 Å². The molecule has 1 aromatic heterocycles. The zero-order valence-electron chi connectivity index (χ0n) is 18.3. The number of aromatic nitrogens is 1. The molecule has 1 spiro atoms. The summed E-state index contributed by atoms with van der Waals surface area (Å²) in [6.07, 6.45) is 2.28.